The molecule has 0 spiro atoms. The molecule has 1 aliphatic rings. The summed E-state index contributed by atoms with van der Waals surface area (Å²) in [6.07, 6.45) is 1.07. The van der Waals surface area contributed by atoms with Gasteiger partial charge in [0.25, 0.3) is 0 Å². The minimum Gasteiger partial charge on any atom is -0.497 e. The van der Waals surface area contributed by atoms with E-state index in [0.717, 1.165) is 11.3 Å². The van der Waals surface area contributed by atoms with Gasteiger partial charge >= 0.3 is 0 Å². The van der Waals surface area contributed by atoms with E-state index in [2.05, 4.69) is 0 Å². The number of methoxy groups -OCH3 is 1. The number of piperazine rings is 1. The predicted molar refractivity (Wildman–Crippen MR) is 103 cm³/mol. The highest BCUT2D eigenvalue weighted by Gasteiger charge is 2.29. The summed E-state index contributed by atoms with van der Waals surface area (Å²) >= 11 is 0. The average molecular weight is 388 g/mol. The van der Waals surface area contributed by atoms with Gasteiger partial charge < -0.3 is 9.64 Å². The molecule has 0 aliphatic carbocycles. The molecule has 2 aromatic rings. The highest BCUT2D eigenvalue weighted by Crippen LogP contribution is 2.18. The molecule has 0 aromatic heterocycles. The Balaban J connectivity index is 1.51. The van der Waals surface area contributed by atoms with Gasteiger partial charge in [0.2, 0.25) is 15.9 Å². The van der Waals surface area contributed by atoms with E-state index >= 15 is 0 Å². The van der Waals surface area contributed by atoms with Crippen LogP contribution in [0, 0.1) is 0 Å². The maximum Gasteiger partial charge on any atom is 0.243 e. The lowest BCUT2D eigenvalue weighted by Crippen LogP contribution is -2.50. The van der Waals surface area contributed by atoms with Gasteiger partial charge in [0.05, 0.1) is 12.0 Å². The summed E-state index contributed by atoms with van der Waals surface area (Å²) in [6, 6.07) is 16.1. The number of nitrogens with zero attached hydrogens (tertiary/aromatic N) is 2. The molecule has 0 atom stereocenters. The van der Waals surface area contributed by atoms with Gasteiger partial charge in [-0.25, -0.2) is 8.42 Å². The van der Waals surface area contributed by atoms with Crippen molar-refractivity contribution in [3.05, 3.63) is 60.2 Å². The molecule has 1 fully saturated rings. The maximum atomic E-state index is 12.6. The molecule has 0 radical (unpaired) electrons. The number of sulfonamides is 1. The largest absolute Gasteiger partial charge is 0.497 e. The van der Waals surface area contributed by atoms with Gasteiger partial charge in [-0.15, -0.1) is 0 Å². The van der Waals surface area contributed by atoms with E-state index in [1.165, 1.54) is 4.31 Å². The molecular formula is C20H24N2O4S. The molecule has 0 bridgehead atoms. The zero-order valence-electron chi connectivity index (χ0n) is 15.4. The van der Waals surface area contributed by atoms with Gasteiger partial charge in [0.1, 0.15) is 5.75 Å². The molecule has 1 saturated heterocycles. The number of carbonyl (C=O) groups excluding carboxylic acids is 1. The summed E-state index contributed by atoms with van der Waals surface area (Å²) in [7, 11) is -1.87. The third-order valence-electron chi connectivity index (χ3n) is 4.76. The zero-order valence-corrected chi connectivity index (χ0v) is 16.2. The summed E-state index contributed by atoms with van der Waals surface area (Å²) in [4.78, 5) is 14.5. The number of benzene rings is 2. The van der Waals surface area contributed by atoms with E-state index in [0.29, 0.717) is 43.9 Å². The summed E-state index contributed by atoms with van der Waals surface area (Å²) in [5.74, 6) is 0.850. The number of aryl methyl sites for hydroxylation is 1. The van der Waals surface area contributed by atoms with Gasteiger partial charge in [-0.3, -0.25) is 4.79 Å². The number of amides is 1. The summed E-state index contributed by atoms with van der Waals surface area (Å²) in [6.45, 7) is 1.50. The van der Waals surface area contributed by atoms with Crippen LogP contribution in [0.3, 0.4) is 0 Å². The lowest BCUT2D eigenvalue weighted by Gasteiger charge is -2.34. The van der Waals surface area contributed by atoms with Gasteiger partial charge in [-0.1, -0.05) is 30.3 Å². The molecule has 3 rings (SSSR count). The predicted octanol–water partition coefficient (Wildman–Crippen LogP) is 2.16. The number of hydrogen-bond donors (Lipinski definition) is 0. The fraction of sp³-hybridized carbons (Fsp3) is 0.350. The number of hydrogen-bond acceptors (Lipinski definition) is 4. The summed E-state index contributed by atoms with van der Waals surface area (Å²) in [5, 5.41) is 0. The van der Waals surface area contributed by atoms with Crippen LogP contribution in [0.25, 0.3) is 0 Å². The SMILES string of the molecule is COc1ccc(CCC(=O)N2CCN(S(=O)(=O)c3ccccc3)CC2)cc1. The van der Waals surface area contributed by atoms with Crippen LogP contribution in [0.1, 0.15) is 12.0 Å². The van der Waals surface area contributed by atoms with Gasteiger partial charge in [0.15, 0.2) is 0 Å². The van der Waals surface area contributed by atoms with Crippen molar-refractivity contribution in [2.45, 2.75) is 17.7 Å². The molecule has 0 unspecified atom stereocenters. The molecule has 144 valence electrons. The third-order valence-corrected chi connectivity index (χ3v) is 6.67. The Morgan fingerprint density at radius 3 is 2.19 bits per heavy atom. The van der Waals surface area contributed by atoms with E-state index in [4.69, 9.17) is 4.74 Å². The first-order valence-corrected chi connectivity index (χ1v) is 10.4. The van der Waals surface area contributed by atoms with Crippen molar-refractivity contribution in [2.24, 2.45) is 0 Å². The Labute approximate surface area is 160 Å². The molecular weight excluding hydrogens is 364 g/mol. The van der Waals surface area contributed by atoms with Crippen molar-refractivity contribution in [1.82, 2.24) is 9.21 Å². The Bertz CT molecular complexity index is 859. The van der Waals surface area contributed by atoms with Crippen LogP contribution in [-0.2, 0) is 21.2 Å². The smallest absolute Gasteiger partial charge is 0.243 e. The van der Waals surface area contributed by atoms with Crippen molar-refractivity contribution in [2.75, 3.05) is 33.3 Å². The highest BCUT2D eigenvalue weighted by molar-refractivity contribution is 7.89. The van der Waals surface area contributed by atoms with Crippen LogP contribution in [0.15, 0.2) is 59.5 Å². The first-order valence-electron chi connectivity index (χ1n) is 8.96. The lowest BCUT2D eigenvalue weighted by atomic mass is 10.1. The molecule has 1 heterocycles. The van der Waals surface area contributed by atoms with Crippen LogP contribution in [-0.4, -0.2) is 56.8 Å². The molecule has 2 aromatic carbocycles. The van der Waals surface area contributed by atoms with Gasteiger partial charge in [-0.2, -0.15) is 4.31 Å². The minimum atomic E-state index is -3.49. The fourth-order valence-corrected chi connectivity index (χ4v) is 4.56. The second-order valence-corrected chi connectivity index (χ2v) is 8.38. The van der Waals surface area contributed by atoms with Crippen LogP contribution >= 0.6 is 0 Å². The zero-order chi connectivity index (χ0) is 19.3. The quantitative estimate of drug-likeness (QED) is 0.761. The van der Waals surface area contributed by atoms with Crippen molar-refractivity contribution < 1.29 is 17.9 Å². The highest BCUT2D eigenvalue weighted by atomic mass is 32.2. The standard InChI is InChI=1S/C20H24N2O4S/c1-26-18-10-7-17(8-11-18)9-12-20(23)21-13-15-22(16-14-21)27(24,25)19-5-3-2-4-6-19/h2-8,10-11H,9,12-16H2,1H3. The summed E-state index contributed by atoms with van der Waals surface area (Å²) in [5.41, 5.74) is 1.08. The van der Waals surface area contributed by atoms with E-state index < -0.39 is 10.0 Å². The average Bonchev–Trinajstić information content (AvgIpc) is 2.73. The second kappa shape index (κ2) is 8.54. The molecule has 0 saturated carbocycles. The van der Waals surface area contributed by atoms with Crippen LogP contribution in [0.4, 0.5) is 0 Å². The van der Waals surface area contributed by atoms with Crippen molar-refractivity contribution in [3.8, 4) is 5.75 Å². The van der Waals surface area contributed by atoms with E-state index in [-0.39, 0.29) is 5.91 Å². The van der Waals surface area contributed by atoms with Crippen LogP contribution in [0.2, 0.25) is 0 Å². The van der Waals surface area contributed by atoms with Gasteiger partial charge in [-0.05, 0) is 36.2 Å². The first-order chi connectivity index (χ1) is 13.0. The normalized spacial score (nSPS) is 15.5. The Morgan fingerprint density at radius 2 is 1.59 bits per heavy atom. The first kappa shape index (κ1) is 19.4. The fourth-order valence-electron chi connectivity index (χ4n) is 3.12. The van der Waals surface area contributed by atoms with Gasteiger partial charge in [0, 0.05) is 32.6 Å². The van der Waals surface area contributed by atoms with E-state index in [1.807, 2.05) is 24.3 Å². The number of rotatable bonds is 6. The van der Waals surface area contributed by atoms with Crippen molar-refractivity contribution in [1.29, 1.82) is 0 Å². The Hall–Kier alpha value is -2.38. The Morgan fingerprint density at radius 1 is 0.963 bits per heavy atom. The lowest BCUT2D eigenvalue weighted by molar-refractivity contribution is -0.132. The minimum absolute atomic E-state index is 0.0579. The third kappa shape index (κ3) is 4.67. The number of ether oxygens (including phenoxy) is 1. The molecule has 0 N–H and O–H groups in total. The van der Waals surface area contributed by atoms with Crippen molar-refractivity contribution in [3.63, 3.8) is 0 Å². The molecule has 27 heavy (non-hydrogen) atoms. The van der Waals surface area contributed by atoms with Crippen LogP contribution < -0.4 is 4.74 Å². The maximum absolute atomic E-state index is 12.6. The number of carbonyl (C=O) groups is 1. The summed E-state index contributed by atoms with van der Waals surface area (Å²) < 4.78 is 31.9. The van der Waals surface area contributed by atoms with Crippen LogP contribution in [0.5, 0.6) is 5.75 Å². The monoisotopic (exact) mass is 388 g/mol. The molecule has 6 nitrogen and oxygen atoms in total. The molecule has 7 heteroatoms. The second-order valence-electron chi connectivity index (χ2n) is 6.45. The van der Waals surface area contributed by atoms with E-state index in [1.54, 1.807) is 42.3 Å². The molecule has 1 aliphatic heterocycles. The van der Waals surface area contributed by atoms with Crippen molar-refractivity contribution >= 4 is 15.9 Å². The molecule has 1 amide bonds. The van der Waals surface area contributed by atoms with E-state index in [9.17, 15) is 13.2 Å². The topological polar surface area (TPSA) is 66.9 Å². The Kier molecular flexibility index (Phi) is 6.13.